The van der Waals surface area contributed by atoms with Gasteiger partial charge in [-0.1, -0.05) is 65.8 Å². The molecule has 2 heterocycles. The molecule has 0 saturated heterocycles. The maximum absolute atomic E-state index is 2.29. The second-order valence-electron chi connectivity index (χ2n) is 9.26. The molecule has 0 aliphatic carbocycles. The molecular weight excluding hydrogens is 352 g/mol. The molecule has 3 rings (SSSR count). The molecular formula is C27H45N2+. The van der Waals surface area contributed by atoms with Gasteiger partial charge in [-0.2, -0.15) is 0 Å². The highest BCUT2D eigenvalue weighted by Gasteiger charge is 2.01. The summed E-state index contributed by atoms with van der Waals surface area (Å²) in [6.07, 6.45) is 6.30. The molecule has 0 aliphatic heterocycles. The summed E-state index contributed by atoms with van der Waals surface area (Å²) in [5, 5.41) is 1.33. The number of hydrogen-bond donors (Lipinski definition) is 0. The van der Waals surface area contributed by atoms with Crippen molar-refractivity contribution in [2.45, 2.75) is 81.3 Å². The van der Waals surface area contributed by atoms with E-state index in [9.17, 15) is 0 Å². The minimum atomic E-state index is 0.546. The van der Waals surface area contributed by atoms with E-state index in [1.807, 2.05) is 18.2 Å². The minimum Gasteiger partial charge on any atom is -0.345 e. The van der Waals surface area contributed by atoms with Gasteiger partial charge in [0.15, 0.2) is 18.4 Å². The van der Waals surface area contributed by atoms with Gasteiger partial charge in [0, 0.05) is 29.9 Å². The van der Waals surface area contributed by atoms with Crippen LogP contribution in [-0.2, 0) is 0 Å². The highest BCUT2D eigenvalue weighted by atomic mass is 15.0. The van der Waals surface area contributed by atoms with Crippen LogP contribution in [-0.4, -0.2) is 4.57 Å². The topological polar surface area (TPSA) is 8.81 Å². The first kappa shape index (κ1) is 26.9. The molecule has 0 N–H and O–H groups in total. The van der Waals surface area contributed by atoms with Gasteiger partial charge >= 0.3 is 0 Å². The number of aromatic nitrogens is 2. The number of pyridine rings is 1. The standard InChI is InChI=1S/C11H13N.C8H12N.2C4H10/c1-9(2)12-8-7-10-5-3-4-6-11(10)12;1-8(2)9-6-4-3-5-7-9;2*1-4(2)3/h3-9H,1-2H3;3-8H,1-2H3;2*4H,1-3H3/q;+1;;. The molecule has 0 unspecified atom stereocenters. The number of fused-ring (bicyclic) bond motifs is 1. The highest BCUT2D eigenvalue weighted by molar-refractivity contribution is 5.80. The fourth-order valence-corrected chi connectivity index (χ4v) is 2.31. The lowest BCUT2D eigenvalue weighted by molar-refractivity contribution is -0.716. The predicted octanol–water partition coefficient (Wildman–Crippen LogP) is 8.10. The number of para-hydroxylation sites is 1. The van der Waals surface area contributed by atoms with E-state index in [4.69, 9.17) is 0 Å². The van der Waals surface area contributed by atoms with Crippen molar-refractivity contribution in [2.75, 3.05) is 0 Å². The quantitative estimate of drug-likeness (QED) is 0.386. The summed E-state index contributed by atoms with van der Waals surface area (Å²) in [5.41, 5.74) is 1.33. The Morgan fingerprint density at radius 2 is 1.10 bits per heavy atom. The third-order valence-electron chi connectivity index (χ3n) is 3.52. The zero-order chi connectivity index (χ0) is 22.4. The van der Waals surface area contributed by atoms with E-state index in [0.29, 0.717) is 12.1 Å². The first-order valence-electron chi connectivity index (χ1n) is 11.1. The molecule has 0 spiro atoms. The Labute approximate surface area is 180 Å². The summed E-state index contributed by atoms with van der Waals surface area (Å²) in [6, 6.07) is 17.9. The van der Waals surface area contributed by atoms with E-state index < -0.39 is 0 Å². The summed E-state index contributed by atoms with van der Waals surface area (Å²) < 4.78 is 4.45. The van der Waals surface area contributed by atoms with Gasteiger partial charge in [0.05, 0.1) is 0 Å². The Kier molecular flexibility index (Phi) is 13.8. The summed E-state index contributed by atoms with van der Waals surface area (Å²) >= 11 is 0. The van der Waals surface area contributed by atoms with Crippen LogP contribution in [0, 0.1) is 11.8 Å². The lowest BCUT2D eigenvalue weighted by atomic mass is 10.2. The number of nitrogens with zero attached hydrogens (tertiary/aromatic N) is 2. The van der Waals surface area contributed by atoms with Crippen LogP contribution in [0.1, 0.15) is 81.3 Å². The van der Waals surface area contributed by atoms with E-state index in [1.54, 1.807) is 0 Å². The smallest absolute Gasteiger partial charge is 0.169 e. The van der Waals surface area contributed by atoms with Crippen molar-refractivity contribution in [1.82, 2.24) is 4.57 Å². The lowest BCUT2D eigenvalue weighted by Crippen LogP contribution is -2.34. The zero-order valence-corrected chi connectivity index (χ0v) is 20.6. The first-order chi connectivity index (χ1) is 13.6. The molecule has 2 nitrogen and oxygen atoms in total. The number of hydrogen-bond acceptors (Lipinski definition) is 0. The van der Waals surface area contributed by atoms with Gasteiger partial charge in [0.1, 0.15) is 0 Å². The highest BCUT2D eigenvalue weighted by Crippen LogP contribution is 2.18. The van der Waals surface area contributed by atoms with Crippen LogP contribution in [0.15, 0.2) is 67.1 Å². The van der Waals surface area contributed by atoms with Crippen LogP contribution < -0.4 is 4.57 Å². The molecule has 0 fully saturated rings. The lowest BCUT2D eigenvalue weighted by Gasteiger charge is -2.08. The molecule has 0 atom stereocenters. The Morgan fingerprint density at radius 1 is 0.621 bits per heavy atom. The number of rotatable bonds is 2. The van der Waals surface area contributed by atoms with Gasteiger partial charge in [-0.3, -0.25) is 0 Å². The largest absolute Gasteiger partial charge is 0.345 e. The molecule has 0 amide bonds. The molecule has 0 radical (unpaired) electrons. The summed E-state index contributed by atoms with van der Waals surface area (Å²) in [7, 11) is 0. The van der Waals surface area contributed by atoms with Crippen LogP contribution in [0.2, 0.25) is 0 Å². The van der Waals surface area contributed by atoms with Crippen molar-refractivity contribution in [3.8, 4) is 0 Å². The van der Waals surface area contributed by atoms with Gasteiger partial charge in [0.25, 0.3) is 0 Å². The van der Waals surface area contributed by atoms with Crippen LogP contribution >= 0.6 is 0 Å². The molecule has 162 valence electrons. The third-order valence-corrected chi connectivity index (χ3v) is 3.52. The van der Waals surface area contributed by atoms with E-state index >= 15 is 0 Å². The Bertz CT molecular complexity index is 741. The Hall–Kier alpha value is -2.09. The van der Waals surface area contributed by atoms with Crippen molar-refractivity contribution < 1.29 is 4.57 Å². The van der Waals surface area contributed by atoms with Crippen LogP contribution in [0.3, 0.4) is 0 Å². The van der Waals surface area contributed by atoms with Gasteiger partial charge in [-0.25, -0.2) is 4.57 Å². The van der Waals surface area contributed by atoms with Crippen LogP contribution in [0.25, 0.3) is 10.9 Å². The van der Waals surface area contributed by atoms with Crippen LogP contribution in [0.4, 0.5) is 0 Å². The van der Waals surface area contributed by atoms with Gasteiger partial charge in [-0.05, 0) is 57.0 Å². The van der Waals surface area contributed by atoms with Gasteiger partial charge in [0.2, 0.25) is 0 Å². The van der Waals surface area contributed by atoms with Crippen molar-refractivity contribution in [2.24, 2.45) is 11.8 Å². The number of benzene rings is 1. The first-order valence-corrected chi connectivity index (χ1v) is 11.1. The van der Waals surface area contributed by atoms with Crippen LogP contribution in [0.5, 0.6) is 0 Å². The predicted molar refractivity (Wildman–Crippen MR) is 130 cm³/mol. The van der Waals surface area contributed by atoms with Crippen molar-refractivity contribution in [3.05, 3.63) is 67.1 Å². The molecule has 2 aromatic heterocycles. The molecule has 2 heteroatoms. The van der Waals surface area contributed by atoms with E-state index in [2.05, 4.69) is 127 Å². The van der Waals surface area contributed by atoms with Crippen molar-refractivity contribution in [3.63, 3.8) is 0 Å². The molecule has 29 heavy (non-hydrogen) atoms. The van der Waals surface area contributed by atoms with E-state index in [1.165, 1.54) is 10.9 Å². The average Bonchev–Trinajstić information content (AvgIpc) is 3.06. The molecule has 3 aromatic rings. The van der Waals surface area contributed by atoms with Crippen molar-refractivity contribution in [1.29, 1.82) is 0 Å². The Morgan fingerprint density at radius 3 is 1.52 bits per heavy atom. The fraction of sp³-hybridized carbons (Fsp3) is 0.519. The summed E-state index contributed by atoms with van der Waals surface area (Å²) in [4.78, 5) is 0. The Balaban J connectivity index is 0.000000407. The summed E-state index contributed by atoms with van der Waals surface area (Å²) in [5.74, 6) is 1.67. The molecule has 1 aromatic carbocycles. The maximum Gasteiger partial charge on any atom is 0.169 e. The van der Waals surface area contributed by atoms with E-state index in [-0.39, 0.29) is 0 Å². The SMILES string of the molecule is CC(C)C.CC(C)C.CC(C)[n+]1ccccc1.CC(C)n1ccc2ccccc21. The normalized spacial score (nSPS) is 10.3. The molecule has 0 aliphatic rings. The molecule has 0 bridgehead atoms. The third kappa shape index (κ3) is 12.9. The second-order valence-corrected chi connectivity index (χ2v) is 9.26. The zero-order valence-electron chi connectivity index (χ0n) is 20.6. The monoisotopic (exact) mass is 397 g/mol. The molecule has 0 saturated carbocycles. The minimum absolute atomic E-state index is 0.546. The average molecular weight is 398 g/mol. The van der Waals surface area contributed by atoms with Gasteiger partial charge in [-0.15, -0.1) is 0 Å². The van der Waals surface area contributed by atoms with Gasteiger partial charge < -0.3 is 4.57 Å². The van der Waals surface area contributed by atoms with E-state index in [0.717, 1.165) is 11.8 Å². The maximum atomic E-state index is 2.29. The second kappa shape index (κ2) is 14.8. The fourth-order valence-electron chi connectivity index (χ4n) is 2.31. The van der Waals surface area contributed by atoms with Crippen molar-refractivity contribution >= 4 is 10.9 Å². The summed E-state index contributed by atoms with van der Waals surface area (Å²) in [6.45, 7) is 21.7.